The lowest BCUT2D eigenvalue weighted by Crippen LogP contribution is -2.46. The summed E-state index contributed by atoms with van der Waals surface area (Å²) in [7, 11) is -4.34. The molecule has 0 amide bonds. The average Bonchev–Trinajstić information content (AvgIpc) is 3.07. The van der Waals surface area contributed by atoms with E-state index in [0.29, 0.717) is 6.54 Å². The molecule has 0 saturated heterocycles. The van der Waals surface area contributed by atoms with Crippen LogP contribution < -0.4 is 0 Å². The Labute approximate surface area is 191 Å². The summed E-state index contributed by atoms with van der Waals surface area (Å²) < 4.78 is 79.1. The Hall–Kier alpha value is -1.03. The van der Waals surface area contributed by atoms with Gasteiger partial charge in [-0.3, -0.25) is 0 Å². The maximum absolute atomic E-state index is 13.3. The van der Waals surface area contributed by atoms with Crippen molar-refractivity contribution in [3.63, 3.8) is 0 Å². The third kappa shape index (κ3) is 9.85. The molecule has 0 aromatic rings. The predicted molar refractivity (Wildman–Crippen MR) is 119 cm³/mol. The molecule has 0 fully saturated rings. The largest absolute Gasteiger partial charge is 0.428 e. The Bertz CT molecular complexity index is 633. The number of nitrogens with zero attached hydrogens (tertiary/aromatic N) is 2. The molecule has 1 aliphatic rings. The molecule has 0 bridgehead atoms. The summed E-state index contributed by atoms with van der Waals surface area (Å²) >= 11 is 0. The number of alkyl halides is 4. The molecule has 1 aliphatic heterocycles. The van der Waals surface area contributed by atoms with Crippen molar-refractivity contribution in [1.82, 2.24) is 9.80 Å². The average molecular weight is 489 g/mol. The van der Waals surface area contributed by atoms with E-state index in [2.05, 4.69) is 11.1 Å². The summed E-state index contributed by atoms with van der Waals surface area (Å²) in [6.07, 6.45) is 14.0. The smallest absolute Gasteiger partial charge is 0.336 e. The van der Waals surface area contributed by atoms with Crippen LogP contribution in [-0.2, 0) is 14.3 Å². The summed E-state index contributed by atoms with van der Waals surface area (Å²) in [5.74, 6) is 0. The van der Waals surface area contributed by atoms with E-state index in [0.717, 1.165) is 25.7 Å². The fraction of sp³-hybridized carbons (Fsp3) is 0.909. The van der Waals surface area contributed by atoms with Crippen molar-refractivity contribution >= 4 is 10.1 Å². The molecule has 0 saturated carbocycles. The van der Waals surface area contributed by atoms with Crippen molar-refractivity contribution in [3.05, 3.63) is 12.4 Å². The Morgan fingerprint density at radius 2 is 1.28 bits per heavy atom. The molecule has 32 heavy (non-hydrogen) atoms. The SMILES string of the molecule is CCCCCCCCCCCCCCCCN1C=CN(C)C1OS(=O)(=O)C(F)(F)C(F)F. The first-order chi connectivity index (χ1) is 15.1. The van der Waals surface area contributed by atoms with Gasteiger partial charge in [-0.25, -0.2) is 13.0 Å². The van der Waals surface area contributed by atoms with Gasteiger partial charge < -0.3 is 9.80 Å². The van der Waals surface area contributed by atoms with E-state index in [1.54, 1.807) is 0 Å². The van der Waals surface area contributed by atoms with E-state index in [1.165, 1.54) is 93.5 Å². The van der Waals surface area contributed by atoms with Crippen LogP contribution in [0.5, 0.6) is 0 Å². The number of rotatable bonds is 19. The normalized spacial score (nSPS) is 17.2. The van der Waals surface area contributed by atoms with Crippen LogP contribution in [0.1, 0.15) is 96.8 Å². The van der Waals surface area contributed by atoms with Crippen LogP contribution in [0, 0.1) is 0 Å². The van der Waals surface area contributed by atoms with E-state index >= 15 is 0 Å². The van der Waals surface area contributed by atoms with Gasteiger partial charge in [0.05, 0.1) is 0 Å². The molecule has 0 aromatic heterocycles. The van der Waals surface area contributed by atoms with Crippen molar-refractivity contribution in [3.8, 4) is 0 Å². The van der Waals surface area contributed by atoms with Crippen molar-refractivity contribution < 1.29 is 30.2 Å². The minimum Gasteiger partial charge on any atom is -0.336 e. The molecule has 10 heteroatoms. The van der Waals surface area contributed by atoms with Crippen molar-refractivity contribution in [2.45, 2.75) is 115 Å². The van der Waals surface area contributed by atoms with Crippen molar-refractivity contribution in [2.24, 2.45) is 0 Å². The number of halogens is 4. The van der Waals surface area contributed by atoms with Gasteiger partial charge in [-0.2, -0.15) is 17.2 Å². The summed E-state index contributed by atoms with van der Waals surface area (Å²) in [5.41, 5.74) is 0. The predicted octanol–water partition coefficient (Wildman–Crippen LogP) is 6.67. The third-order valence-corrected chi connectivity index (χ3v) is 6.97. The monoisotopic (exact) mass is 488 g/mol. The first kappa shape index (κ1) is 29.0. The van der Waals surface area contributed by atoms with Gasteiger partial charge in [0.2, 0.25) is 6.35 Å². The minimum absolute atomic E-state index is 0.388. The van der Waals surface area contributed by atoms with Gasteiger partial charge in [-0.05, 0) is 6.42 Å². The first-order valence-electron chi connectivity index (χ1n) is 11.9. The molecule has 5 nitrogen and oxygen atoms in total. The molecule has 0 spiro atoms. The second-order valence-electron chi connectivity index (χ2n) is 8.54. The Morgan fingerprint density at radius 1 is 0.844 bits per heavy atom. The first-order valence-corrected chi connectivity index (χ1v) is 13.3. The Morgan fingerprint density at radius 3 is 1.72 bits per heavy atom. The van der Waals surface area contributed by atoms with Gasteiger partial charge in [0.15, 0.2) is 0 Å². The second kappa shape index (κ2) is 15.0. The number of hydrogen-bond acceptors (Lipinski definition) is 5. The number of unbranched alkanes of at least 4 members (excludes halogenated alkanes) is 13. The maximum atomic E-state index is 13.3. The van der Waals surface area contributed by atoms with Gasteiger partial charge in [0, 0.05) is 26.0 Å². The summed E-state index contributed by atoms with van der Waals surface area (Å²) in [4.78, 5) is 2.68. The highest BCUT2D eigenvalue weighted by Crippen LogP contribution is 2.33. The van der Waals surface area contributed by atoms with Gasteiger partial charge >= 0.3 is 21.8 Å². The molecule has 190 valence electrons. The van der Waals surface area contributed by atoms with Gasteiger partial charge in [-0.15, -0.1) is 0 Å². The standard InChI is InChI=1S/C22H40F4N2O3S/c1-3-4-5-6-7-8-9-10-11-12-13-14-15-16-17-28-19-18-27(2)21(28)31-32(29,30)22(25,26)20(23)24/h18-21H,3-17H2,1-2H3. The summed E-state index contributed by atoms with van der Waals surface area (Å²) in [6, 6.07) is 0. The Kier molecular flexibility index (Phi) is 13.6. The van der Waals surface area contributed by atoms with E-state index < -0.39 is 28.1 Å². The maximum Gasteiger partial charge on any atom is 0.428 e. The molecule has 1 heterocycles. The van der Waals surface area contributed by atoms with Gasteiger partial charge in [0.25, 0.3) is 0 Å². The molecule has 0 aliphatic carbocycles. The topological polar surface area (TPSA) is 49.9 Å². The molecule has 1 unspecified atom stereocenters. The molecular weight excluding hydrogens is 448 g/mol. The fourth-order valence-corrected chi connectivity index (χ4v) is 4.48. The van der Waals surface area contributed by atoms with E-state index in [1.807, 2.05) is 0 Å². The highest BCUT2D eigenvalue weighted by atomic mass is 32.2. The van der Waals surface area contributed by atoms with Crippen molar-refractivity contribution in [1.29, 1.82) is 0 Å². The zero-order chi connectivity index (χ0) is 24.0. The van der Waals surface area contributed by atoms with Crippen LogP contribution in [0.3, 0.4) is 0 Å². The van der Waals surface area contributed by atoms with E-state index in [9.17, 15) is 26.0 Å². The molecular formula is C22H40F4N2O3S. The van der Waals surface area contributed by atoms with Crippen LogP contribution in [-0.4, -0.2) is 49.8 Å². The van der Waals surface area contributed by atoms with E-state index in [-0.39, 0.29) is 0 Å². The lowest BCUT2D eigenvalue weighted by atomic mass is 10.0. The highest BCUT2D eigenvalue weighted by molar-refractivity contribution is 7.87. The van der Waals surface area contributed by atoms with Gasteiger partial charge in [-0.1, -0.05) is 90.4 Å². The second-order valence-corrected chi connectivity index (χ2v) is 10.2. The highest BCUT2D eigenvalue weighted by Gasteiger charge is 2.57. The number of hydrogen-bond donors (Lipinski definition) is 0. The quantitative estimate of drug-likeness (QED) is 0.115. The minimum atomic E-state index is -5.77. The Balaban J connectivity index is 2.16. The molecule has 1 rings (SSSR count). The van der Waals surface area contributed by atoms with Crippen LogP contribution in [0.4, 0.5) is 17.6 Å². The molecule has 0 N–H and O–H groups in total. The van der Waals surface area contributed by atoms with Crippen LogP contribution in [0.25, 0.3) is 0 Å². The van der Waals surface area contributed by atoms with Gasteiger partial charge in [0.1, 0.15) is 0 Å². The zero-order valence-electron chi connectivity index (χ0n) is 19.5. The zero-order valence-corrected chi connectivity index (χ0v) is 20.3. The summed E-state index contributed by atoms with van der Waals surface area (Å²) in [6.45, 7) is 2.61. The summed E-state index contributed by atoms with van der Waals surface area (Å²) in [5, 5.41) is -5.25. The van der Waals surface area contributed by atoms with Crippen LogP contribution in [0.2, 0.25) is 0 Å². The van der Waals surface area contributed by atoms with Crippen LogP contribution in [0.15, 0.2) is 12.4 Å². The molecule has 1 atom stereocenters. The third-order valence-electron chi connectivity index (χ3n) is 5.70. The lowest BCUT2D eigenvalue weighted by Gasteiger charge is -2.30. The van der Waals surface area contributed by atoms with E-state index in [4.69, 9.17) is 0 Å². The molecule has 0 radical (unpaired) electrons. The lowest BCUT2D eigenvalue weighted by molar-refractivity contribution is -0.0852. The van der Waals surface area contributed by atoms with Crippen LogP contribution >= 0.6 is 0 Å². The fourth-order valence-electron chi connectivity index (χ4n) is 3.66. The van der Waals surface area contributed by atoms with Crippen molar-refractivity contribution in [2.75, 3.05) is 13.6 Å². The molecule has 0 aromatic carbocycles.